The molecule has 0 saturated heterocycles. The van der Waals surface area contributed by atoms with Gasteiger partial charge >= 0.3 is 5.51 Å². The predicted octanol–water partition coefficient (Wildman–Crippen LogP) is 3.98. The molecule has 0 spiro atoms. The summed E-state index contributed by atoms with van der Waals surface area (Å²) in [5.74, 6) is 0. The van der Waals surface area contributed by atoms with Crippen molar-refractivity contribution in [3.63, 3.8) is 0 Å². The molecule has 0 aromatic heterocycles. The lowest BCUT2D eigenvalue weighted by Gasteiger charge is -2.27. The van der Waals surface area contributed by atoms with Gasteiger partial charge in [0.25, 0.3) is 0 Å². The highest BCUT2D eigenvalue weighted by molar-refractivity contribution is 7.98. The van der Waals surface area contributed by atoms with Crippen LogP contribution in [0.5, 0.6) is 0 Å². The van der Waals surface area contributed by atoms with Crippen LogP contribution in [0.15, 0.2) is 30.3 Å². The normalized spacial score (nSPS) is 11.9. The number of anilines is 1. The highest BCUT2D eigenvalue weighted by atomic mass is 32.2. The van der Waals surface area contributed by atoms with E-state index >= 15 is 0 Å². The molecule has 7 heteroatoms. The Balaban J connectivity index is 2.27. The van der Waals surface area contributed by atoms with Crippen molar-refractivity contribution < 1.29 is 13.2 Å². The predicted molar refractivity (Wildman–Crippen MR) is 92.7 cm³/mol. The largest absolute Gasteiger partial charge is 0.456 e. The van der Waals surface area contributed by atoms with Gasteiger partial charge in [-0.15, -0.1) is 0 Å². The zero-order chi connectivity index (χ0) is 17.1. The lowest BCUT2D eigenvalue weighted by Crippen LogP contribution is -2.36. The Bertz CT molecular complexity index is 415. The van der Waals surface area contributed by atoms with Crippen LogP contribution in [-0.2, 0) is 0 Å². The summed E-state index contributed by atoms with van der Waals surface area (Å²) >= 11 is -0.165. The molecule has 1 aromatic rings. The summed E-state index contributed by atoms with van der Waals surface area (Å²) in [5.41, 5.74) is -3.00. The molecule has 1 aromatic carbocycles. The third-order valence-electron chi connectivity index (χ3n) is 3.58. The van der Waals surface area contributed by atoms with Gasteiger partial charge in [0.05, 0.1) is 0 Å². The number of para-hydroxylation sites is 1. The van der Waals surface area contributed by atoms with Gasteiger partial charge in [0.15, 0.2) is 0 Å². The second-order valence-electron chi connectivity index (χ2n) is 5.15. The summed E-state index contributed by atoms with van der Waals surface area (Å²) in [4.78, 5) is 4.58. The highest BCUT2D eigenvalue weighted by Gasteiger charge is 2.28. The van der Waals surface area contributed by atoms with Gasteiger partial charge in [-0.05, 0) is 38.6 Å². The average Bonchev–Trinajstić information content (AvgIpc) is 2.53. The molecule has 1 N–H and O–H groups in total. The molecule has 23 heavy (non-hydrogen) atoms. The van der Waals surface area contributed by atoms with Gasteiger partial charge < -0.3 is 9.80 Å². The number of nitrogens with zero attached hydrogens (tertiary/aromatic N) is 2. The van der Waals surface area contributed by atoms with E-state index in [9.17, 15) is 13.2 Å². The first-order valence-electron chi connectivity index (χ1n) is 7.96. The van der Waals surface area contributed by atoms with E-state index in [4.69, 9.17) is 0 Å². The van der Waals surface area contributed by atoms with E-state index in [0.29, 0.717) is 13.0 Å². The van der Waals surface area contributed by atoms with Crippen molar-refractivity contribution in [2.45, 2.75) is 25.8 Å². The van der Waals surface area contributed by atoms with E-state index in [1.165, 1.54) is 5.69 Å². The van der Waals surface area contributed by atoms with Crippen LogP contribution >= 0.6 is 11.9 Å². The van der Waals surface area contributed by atoms with Crippen LogP contribution in [0.4, 0.5) is 18.9 Å². The van der Waals surface area contributed by atoms with Crippen LogP contribution in [0.1, 0.15) is 20.3 Å². The number of likely N-dealkylation sites (N-methyl/N-ethyl adjacent to an activating group) is 2. The van der Waals surface area contributed by atoms with E-state index in [-0.39, 0.29) is 11.9 Å². The maximum Gasteiger partial charge on any atom is 0.456 e. The van der Waals surface area contributed by atoms with Crippen LogP contribution in [-0.4, -0.2) is 49.7 Å². The number of nitrogens with one attached hydrogen (secondary N) is 1. The summed E-state index contributed by atoms with van der Waals surface area (Å²) in [6.45, 7) is 9.03. The molecule has 0 amide bonds. The Morgan fingerprint density at radius 3 is 2.26 bits per heavy atom. The minimum Gasteiger partial charge on any atom is -0.371 e. The van der Waals surface area contributed by atoms with Gasteiger partial charge in [-0.3, -0.25) is 4.72 Å². The van der Waals surface area contributed by atoms with Gasteiger partial charge in [0.2, 0.25) is 0 Å². The molecule has 0 aliphatic heterocycles. The molecular weight excluding hydrogens is 323 g/mol. The molecule has 0 aliphatic carbocycles. The topological polar surface area (TPSA) is 18.5 Å². The molecule has 0 bridgehead atoms. The van der Waals surface area contributed by atoms with Gasteiger partial charge in [0.1, 0.15) is 0 Å². The minimum atomic E-state index is -4.21. The molecule has 3 nitrogen and oxygen atoms in total. The number of alkyl halides is 3. The third kappa shape index (κ3) is 9.07. The minimum absolute atomic E-state index is 0.165. The van der Waals surface area contributed by atoms with Gasteiger partial charge in [0, 0.05) is 43.8 Å². The molecule has 132 valence electrons. The van der Waals surface area contributed by atoms with E-state index in [2.05, 4.69) is 40.5 Å². The van der Waals surface area contributed by atoms with Crippen molar-refractivity contribution in [1.82, 2.24) is 9.62 Å². The fourth-order valence-corrected chi connectivity index (χ4v) is 2.72. The fraction of sp³-hybridized carbons (Fsp3) is 0.625. The number of halogens is 3. The van der Waals surface area contributed by atoms with Crippen LogP contribution < -0.4 is 9.62 Å². The fourth-order valence-electron chi connectivity index (χ4n) is 2.31. The van der Waals surface area contributed by atoms with E-state index < -0.39 is 5.51 Å². The first kappa shape index (κ1) is 20.1. The number of benzene rings is 1. The smallest absolute Gasteiger partial charge is 0.371 e. The van der Waals surface area contributed by atoms with Gasteiger partial charge in [-0.1, -0.05) is 25.1 Å². The van der Waals surface area contributed by atoms with Crippen molar-refractivity contribution in [2.75, 3.05) is 44.2 Å². The highest BCUT2D eigenvalue weighted by Crippen LogP contribution is 2.26. The molecule has 0 fully saturated rings. The second kappa shape index (κ2) is 10.8. The van der Waals surface area contributed by atoms with Crippen LogP contribution in [0.2, 0.25) is 0 Å². The summed E-state index contributed by atoms with van der Waals surface area (Å²) in [5, 5.41) is 0. The van der Waals surface area contributed by atoms with E-state index in [0.717, 1.165) is 32.7 Å². The van der Waals surface area contributed by atoms with Crippen LogP contribution in [0, 0.1) is 0 Å². The molecule has 0 atom stereocenters. The lowest BCUT2D eigenvalue weighted by atomic mass is 10.3. The SMILES string of the molecule is CCN(CCCNSC(F)(F)F)CCN(CC)c1ccccc1. The summed E-state index contributed by atoms with van der Waals surface area (Å²) in [6.07, 6.45) is 0.703. The Kier molecular flexibility index (Phi) is 9.43. The molecular formula is C16H26F3N3S. The summed E-state index contributed by atoms with van der Waals surface area (Å²) < 4.78 is 38.4. The Morgan fingerprint density at radius 2 is 1.70 bits per heavy atom. The Hall–Kier alpha value is -0.920. The van der Waals surface area contributed by atoms with Gasteiger partial charge in [-0.2, -0.15) is 13.2 Å². The quantitative estimate of drug-likeness (QED) is 0.481. The zero-order valence-electron chi connectivity index (χ0n) is 13.8. The number of rotatable bonds is 11. The van der Waals surface area contributed by atoms with Crippen LogP contribution in [0.3, 0.4) is 0 Å². The van der Waals surface area contributed by atoms with Crippen molar-refractivity contribution in [2.24, 2.45) is 0 Å². The Labute approximate surface area is 141 Å². The lowest BCUT2D eigenvalue weighted by molar-refractivity contribution is -0.0335. The Morgan fingerprint density at radius 1 is 1.00 bits per heavy atom. The molecule has 0 unspecified atom stereocenters. The van der Waals surface area contributed by atoms with Crippen molar-refractivity contribution in [3.05, 3.63) is 30.3 Å². The monoisotopic (exact) mass is 349 g/mol. The first-order chi connectivity index (χ1) is 11.0. The molecule has 0 saturated carbocycles. The van der Waals surface area contributed by atoms with Crippen molar-refractivity contribution in [3.8, 4) is 0 Å². The molecule has 1 rings (SSSR count). The van der Waals surface area contributed by atoms with E-state index in [1.807, 2.05) is 18.2 Å². The second-order valence-corrected chi connectivity index (χ2v) is 6.10. The maximum atomic E-state index is 12.0. The third-order valence-corrected chi connectivity index (χ3v) is 4.16. The molecule has 0 heterocycles. The number of hydrogen-bond acceptors (Lipinski definition) is 4. The number of hydrogen-bond donors (Lipinski definition) is 1. The molecule has 0 aliphatic rings. The average molecular weight is 349 g/mol. The van der Waals surface area contributed by atoms with E-state index in [1.54, 1.807) is 0 Å². The first-order valence-corrected chi connectivity index (χ1v) is 8.77. The summed E-state index contributed by atoms with van der Waals surface area (Å²) in [7, 11) is 0. The maximum absolute atomic E-state index is 12.0. The zero-order valence-corrected chi connectivity index (χ0v) is 14.6. The van der Waals surface area contributed by atoms with Crippen molar-refractivity contribution >= 4 is 17.6 Å². The molecule has 0 radical (unpaired) electrons. The standard InChI is InChI=1S/C16H26F3N3S/c1-3-21(12-8-11-20-23-16(17,18)19)13-14-22(4-2)15-9-6-5-7-10-15/h5-7,9-10,20H,3-4,8,11-14H2,1-2H3. The van der Waals surface area contributed by atoms with Crippen LogP contribution in [0.25, 0.3) is 0 Å². The van der Waals surface area contributed by atoms with Crippen molar-refractivity contribution in [1.29, 1.82) is 0 Å². The summed E-state index contributed by atoms with van der Waals surface area (Å²) in [6, 6.07) is 10.2. The van der Waals surface area contributed by atoms with Gasteiger partial charge in [-0.25, -0.2) is 0 Å².